The van der Waals surface area contributed by atoms with Crippen molar-refractivity contribution in [3.8, 4) is 5.75 Å². The van der Waals surface area contributed by atoms with Crippen molar-refractivity contribution in [2.45, 2.75) is 32.7 Å². The molecule has 1 saturated heterocycles. The van der Waals surface area contributed by atoms with Crippen molar-refractivity contribution in [3.63, 3.8) is 0 Å². The minimum absolute atomic E-state index is 0.541. The largest absolute Gasteiger partial charge is 0.493 e. The smallest absolute Gasteiger partial charge is 0.119 e. The van der Waals surface area contributed by atoms with Gasteiger partial charge in [-0.3, -0.25) is 0 Å². The second-order valence-electron chi connectivity index (χ2n) is 7.44. The van der Waals surface area contributed by atoms with Gasteiger partial charge in [-0.05, 0) is 75.3 Å². The summed E-state index contributed by atoms with van der Waals surface area (Å²) in [6, 6.07) is 19.9. The Morgan fingerprint density at radius 2 is 1.56 bits per heavy atom. The van der Waals surface area contributed by atoms with Gasteiger partial charge in [0.2, 0.25) is 0 Å². The molecule has 0 aromatic heterocycles. The highest BCUT2D eigenvalue weighted by molar-refractivity contribution is 5.64. The Morgan fingerprint density at radius 1 is 0.960 bits per heavy atom. The van der Waals surface area contributed by atoms with Gasteiger partial charge in [0.15, 0.2) is 0 Å². The van der Waals surface area contributed by atoms with E-state index in [4.69, 9.17) is 4.74 Å². The van der Waals surface area contributed by atoms with E-state index in [1.807, 2.05) is 0 Å². The quantitative estimate of drug-likeness (QED) is 0.741. The van der Waals surface area contributed by atoms with Crippen LogP contribution < -0.4 is 9.64 Å². The fourth-order valence-electron chi connectivity index (χ4n) is 3.38. The summed E-state index contributed by atoms with van der Waals surface area (Å²) < 4.78 is 5.84. The standard InChI is InChI=1S/C22H30N2O/c1-18(2)17-25-22-11-9-20(10-12-22)24(19-7-5-4-6-8-19)21-13-15-23(3)16-14-21/h4-12,18,21H,13-17H2,1-3H3. The number of para-hydroxylation sites is 1. The van der Waals surface area contributed by atoms with Crippen molar-refractivity contribution in [3.05, 3.63) is 54.6 Å². The summed E-state index contributed by atoms with van der Waals surface area (Å²) in [6.45, 7) is 7.42. The minimum Gasteiger partial charge on any atom is -0.493 e. The Hall–Kier alpha value is -2.00. The molecule has 1 fully saturated rings. The summed E-state index contributed by atoms with van der Waals surface area (Å²) in [5, 5.41) is 0. The topological polar surface area (TPSA) is 15.7 Å². The summed E-state index contributed by atoms with van der Waals surface area (Å²) >= 11 is 0. The number of hydrogen-bond acceptors (Lipinski definition) is 3. The zero-order valence-corrected chi connectivity index (χ0v) is 15.7. The van der Waals surface area contributed by atoms with Crippen LogP contribution >= 0.6 is 0 Å². The van der Waals surface area contributed by atoms with Gasteiger partial charge in [-0.1, -0.05) is 32.0 Å². The Kier molecular flexibility index (Phi) is 5.98. The van der Waals surface area contributed by atoms with Crippen LogP contribution in [-0.4, -0.2) is 37.7 Å². The van der Waals surface area contributed by atoms with Gasteiger partial charge in [0.1, 0.15) is 5.75 Å². The lowest BCUT2D eigenvalue weighted by Gasteiger charge is -2.39. The number of nitrogens with zero attached hydrogens (tertiary/aromatic N) is 2. The van der Waals surface area contributed by atoms with E-state index in [0.29, 0.717) is 12.0 Å². The molecule has 0 saturated carbocycles. The van der Waals surface area contributed by atoms with Crippen LogP contribution in [0.4, 0.5) is 11.4 Å². The van der Waals surface area contributed by atoms with Crippen molar-refractivity contribution in [2.24, 2.45) is 5.92 Å². The molecule has 1 heterocycles. The molecular weight excluding hydrogens is 308 g/mol. The molecule has 0 aliphatic carbocycles. The zero-order valence-electron chi connectivity index (χ0n) is 15.7. The van der Waals surface area contributed by atoms with Gasteiger partial charge >= 0.3 is 0 Å². The Labute approximate surface area is 152 Å². The van der Waals surface area contributed by atoms with Crippen molar-refractivity contribution < 1.29 is 4.74 Å². The van der Waals surface area contributed by atoms with E-state index in [-0.39, 0.29) is 0 Å². The van der Waals surface area contributed by atoms with E-state index in [0.717, 1.165) is 25.4 Å². The molecule has 3 nitrogen and oxygen atoms in total. The second kappa shape index (κ2) is 8.39. The van der Waals surface area contributed by atoms with Crippen LogP contribution in [0.15, 0.2) is 54.6 Å². The highest BCUT2D eigenvalue weighted by atomic mass is 16.5. The predicted octanol–water partition coefficient (Wildman–Crippen LogP) is 4.95. The van der Waals surface area contributed by atoms with Gasteiger partial charge in [-0.15, -0.1) is 0 Å². The minimum atomic E-state index is 0.541. The monoisotopic (exact) mass is 338 g/mol. The van der Waals surface area contributed by atoms with Crippen LogP contribution in [0.3, 0.4) is 0 Å². The molecular formula is C22H30N2O. The summed E-state index contributed by atoms with van der Waals surface area (Å²) in [4.78, 5) is 4.92. The lowest BCUT2D eigenvalue weighted by molar-refractivity contribution is 0.255. The molecule has 0 amide bonds. The highest BCUT2D eigenvalue weighted by Gasteiger charge is 2.24. The fourth-order valence-corrected chi connectivity index (χ4v) is 3.38. The SMILES string of the molecule is CC(C)COc1ccc(N(c2ccccc2)C2CCN(C)CC2)cc1. The van der Waals surface area contributed by atoms with E-state index in [1.165, 1.54) is 24.2 Å². The van der Waals surface area contributed by atoms with Gasteiger partial charge < -0.3 is 14.5 Å². The molecule has 0 radical (unpaired) electrons. The van der Waals surface area contributed by atoms with Gasteiger partial charge in [-0.2, -0.15) is 0 Å². The van der Waals surface area contributed by atoms with Gasteiger partial charge in [-0.25, -0.2) is 0 Å². The fraction of sp³-hybridized carbons (Fsp3) is 0.455. The second-order valence-corrected chi connectivity index (χ2v) is 7.44. The average molecular weight is 338 g/mol. The summed E-state index contributed by atoms with van der Waals surface area (Å²) in [5.74, 6) is 1.49. The number of ether oxygens (including phenoxy) is 1. The number of likely N-dealkylation sites (tertiary alicyclic amines) is 1. The molecule has 3 heteroatoms. The molecule has 1 aliphatic rings. The molecule has 0 N–H and O–H groups in total. The third kappa shape index (κ3) is 4.76. The summed E-state index contributed by atoms with van der Waals surface area (Å²) in [5.41, 5.74) is 2.52. The lowest BCUT2D eigenvalue weighted by atomic mass is 10.0. The van der Waals surface area contributed by atoms with Crippen LogP contribution in [0, 0.1) is 5.92 Å². The molecule has 0 bridgehead atoms. The predicted molar refractivity (Wildman–Crippen MR) is 106 cm³/mol. The van der Waals surface area contributed by atoms with Crippen LogP contribution in [0.2, 0.25) is 0 Å². The van der Waals surface area contributed by atoms with Crippen LogP contribution in [0.5, 0.6) is 5.75 Å². The number of hydrogen-bond donors (Lipinski definition) is 0. The third-order valence-corrected chi connectivity index (χ3v) is 4.79. The van der Waals surface area contributed by atoms with E-state index < -0.39 is 0 Å². The number of rotatable bonds is 6. The van der Waals surface area contributed by atoms with Crippen molar-refractivity contribution >= 4 is 11.4 Å². The number of piperidine rings is 1. The van der Waals surface area contributed by atoms with Crippen LogP contribution in [0.25, 0.3) is 0 Å². The number of benzene rings is 2. The first-order chi connectivity index (χ1) is 12.1. The first-order valence-corrected chi connectivity index (χ1v) is 9.39. The van der Waals surface area contributed by atoms with Gasteiger partial charge in [0, 0.05) is 17.4 Å². The Morgan fingerprint density at radius 3 is 2.16 bits per heavy atom. The normalized spacial score (nSPS) is 16.2. The van der Waals surface area contributed by atoms with Crippen LogP contribution in [-0.2, 0) is 0 Å². The van der Waals surface area contributed by atoms with Crippen molar-refractivity contribution in [2.75, 3.05) is 31.6 Å². The third-order valence-electron chi connectivity index (χ3n) is 4.79. The first kappa shape index (κ1) is 17.8. The summed E-state index contributed by atoms with van der Waals surface area (Å²) in [6.07, 6.45) is 2.38. The molecule has 134 valence electrons. The maximum absolute atomic E-state index is 5.84. The van der Waals surface area contributed by atoms with Crippen molar-refractivity contribution in [1.29, 1.82) is 0 Å². The van der Waals surface area contributed by atoms with Crippen molar-refractivity contribution in [1.82, 2.24) is 4.90 Å². The highest BCUT2D eigenvalue weighted by Crippen LogP contribution is 2.32. The van der Waals surface area contributed by atoms with E-state index >= 15 is 0 Å². The first-order valence-electron chi connectivity index (χ1n) is 9.39. The lowest BCUT2D eigenvalue weighted by Crippen LogP contribution is -2.41. The molecule has 25 heavy (non-hydrogen) atoms. The molecule has 0 spiro atoms. The maximum Gasteiger partial charge on any atom is 0.119 e. The molecule has 2 aromatic carbocycles. The molecule has 1 aliphatic heterocycles. The average Bonchev–Trinajstić information content (AvgIpc) is 2.64. The summed E-state index contributed by atoms with van der Waals surface area (Å²) in [7, 11) is 2.21. The Bertz CT molecular complexity index is 631. The maximum atomic E-state index is 5.84. The van der Waals surface area contributed by atoms with Gasteiger partial charge in [0.25, 0.3) is 0 Å². The van der Waals surface area contributed by atoms with E-state index in [2.05, 4.69) is 85.3 Å². The van der Waals surface area contributed by atoms with Crippen LogP contribution in [0.1, 0.15) is 26.7 Å². The van der Waals surface area contributed by atoms with E-state index in [9.17, 15) is 0 Å². The Balaban J connectivity index is 1.81. The molecule has 3 rings (SSSR count). The molecule has 0 unspecified atom stereocenters. The zero-order chi connectivity index (χ0) is 17.6. The molecule has 2 aromatic rings. The number of anilines is 2. The van der Waals surface area contributed by atoms with E-state index in [1.54, 1.807) is 0 Å². The van der Waals surface area contributed by atoms with Gasteiger partial charge in [0.05, 0.1) is 6.61 Å². The molecule has 0 atom stereocenters.